The van der Waals surface area contributed by atoms with Crippen LogP contribution in [0, 0.1) is 0 Å². The number of aliphatic hydroxyl groups is 1. The van der Waals surface area contributed by atoms with E-state index in [-0.39, 0.29) is 18.6 Å². The van der Waals surface area contributed by atoms with Crippen LogP contribution in [0.3, 0.4) is 0 Å². The third-order valence-corrected chi connectivity index (χ3v) is 7.01. The van der Waals surface area contributed by atoms with Crippen molar-refractivity contribution in [2.24, 2.45) is 0 Å². The van der Waals surface area contributed by atoms with Crippen LogP contribution < -0.4 is 10.6 Å². The van der Waals surface area contributed by atoms with Crippen LogP contribution in [0.5, 0.6) is 0 Å². The largest absolute Gasteiger partial charge is 0.481 e. The normalized spacial score (nSPS) is 17.9. The van der Waals surface area contributed by atoms with Gasteiger partial charge in [0.25, 0.3) is 0 Å². The van der Waals surface area contributed by atoms with E-state index in [0.717, 1.165) is 52.7 Å². The molecule has 0 atom stereocenters. The van der Waals surface area contributed by atoms with E-state index in [9.17, 15) is 9.90 Å². The van der Waals surface area contributed by atoms with Gasteiger partial charge in [0, 0.05) is 18.5 Å². The van der Waals surface area contributed by atoms with Gasteiger partial charge in [0.1, 0.15) is 5.82 Å². The van der Waals surface area contributed by atoms with Crippen LogP contribution in [0.4, 0.5) is 16.9 Å². The molecule has 0 aliphatic heterocycles. The van der Waals surface area contributed by atoms with Gasteiger partial charge in [-0.15, -0.1) is 0 Å². The van der Waals surface area contributed by atoms with E-state index in [0.29, 0.717) is 23.3 Å². The fourth-order valence-corrected chi connectivity index (χ4v) is 5.28. The summed E-state index contributed by atoms with van der Waals surface area (Å²) in [5, 5.41) is 26.4. The van der Waals surface area contributed by atoms with E-state index < -0.39 is 5.97 Å². The van der Waals surface area contributed by atoms with Gasteiger partial charge in [-0.25, -0.2) is 9.97 Å². The predicted octanol–water partition coefficient (Wildman–Crippen LogP) is 4.76. The summed E-state index contributed by atoms with van der Waals surface area (Å²) in [6.07, 6.45) is 3.77. The lowest BCUT2D eigenvalue weighted by Crippen LogP contribution is -2.29. The molecule has 2 aromatic carbocycles. The van der Waals surface area contributed by atoms with Crippen molar-refractivity contribution in [3.05, 3.63) is 71.4 Å². The smallest absolute Gasteiger partial charge is 0.307 e. The Bertz CT molecular complexity index is 1320. The fraction of sp³-hybridized carbons (Fsp3) is 0.308. The van der Waals surface area contributed by atoms with E-state index in [1.807, 2.05) is 36.4 Å². The van der Waals surface area contributed by atoms with Crippen molar-refractivity contribution in [3.63, 3.8) is 0 Å². The van der Waals surface area contributed by atoms with E-state index in [4.69, 9.17) is 15.1 Å². The molecule has 35 heavy (non-hydrogen) atoms. The second-order valence-electron chi connectivity index (χ2n) is 8.90. The number of benzene rings is 2. The Balaban J connectivity index is 1.40. The molecule has 1 saturated carbocycles. The highest BCUT2D eigenvalue weighted by Crippen LogP contribution is 2.30. The number of nitrogens with one attached hydrogen (secondary N) is 2. The van der Waals surface area contributed by atoms with Crippen molar-refractivity contribution in [3.8, 4) is 0 Å². The van der Waals surface area contributed by atoms with Crippen molar-refractivity contribution in [1.29, 1.82) is 0 Å². The van der Waals surface area contributed by atoms with E-state index >= 15 is 0 Å². The average molecular weight is 490 g/mol. The summed E-state index contributed by atoms with van der Waals surface area (Å²) in [5.74, 6) is 0.355. The summed E-state index contributed by atoms with van der Waals surface area (Å²) in [5.41, 5.74) is 3.60. The Hall–Kier alpha value is -3.56. The topological polar surface area (TPSA) is 120 Å². The van der Waals surface area contributed by atoms with Gasteiger partial charge in [-0.2, -0.15) is 4.98 Å². The summed E-state index contributed by atoms with van der Waals surface area (Å²) in [6.45, 7) is 0. The van der Waals surface area contributed by atoms with E-state index in [1.165, 1.54) is 11.3 Å². The van der Waals surface area contributed by atoms with Gasteiger partial charge in [0.15, 0.2) is 5.13 Å². The Kier molecular flexibility index (Phi) is 6.87. The molecule has 1 aliphatic rings. The number of aromatic nitrogens is 3. The van der Waals surface area contributed by atoms with Gasteiger partial charge in [0.05, 0.1) is 28.4 Å². The Labute approximate surface area is 207 Å². The summed E-state index contributed by atoms with van der Waals surface area (Å²) in [7, 11) is 0. The number of fused-ring (bicyclic) bond motifs is 1. The zero-order chi connectivity index (χ0) is 24.2. The summed E-state index contributed by atoms with van der Waals surface area (Å²) < 4.78 is 0.920. The monoisotopic (exact) mass is 489 g/mol. The first-order valence-corrected chi connectivity index (χ1v) is 12.6. The number of carboxylic acids is 1. The van der Waals surface area contributed by atoms with Crippen molar-refractivity contribution in [2.75, 3.05) is 10.6 Å². The van der Waals surface area contributed by atoms with Gasteiger partial charge in [-0.3, -0.25) is 4.79 Å². The lowest BCUT2D eigenvalue weighted by Gasteiger charge is -2.26. The number of hydrogen-bond acceptors (Lipinski definition) is 8. The van der Waals surface area contributed by atoms with Crippen molar-refractivity contribution in [1.82, 2.24) is 15.0 Å². The zero-order valence-electron chi connectivity index (χ0n) is 19.1. The third-order valence-electron chi connectivity index (χ3n) is 6.08. The number of carboxylic acid groups (broad SMARTS) is 1. The quantitative estimate of drug-likeness (QED) is 0.280. The number of carbonyl (C=O) groups is 1. The van der Waals surface area contributed by atoms with Crippen LogP contribution >= 0.6 is 11.3 Å². The molecular weight excluding hydrogens is 462 g/mol. The minimum atomic E-state index is -0.855. The molecule has 0 unspecified atom stereocenters. The predicted molar refractivity (Wildman–Crippen MR) is 137 cm³/mol. The Morgan fingerprint density at radius 3 is 2.54 bits per heavy atom. The fourth-order valence-electron chi connectivity index (χ4n) is 4.34. The maximum atomic E-state index is 11.0. The first-order valence-electron chi connectivity index (χ1n) is 11.7. The van der Waals surface area contributed by atoms with Crippen molar-refractivity contribution in [2.45, 2.75) is 50.7 Å². The third kappa shape index (κ3) is 6.12. The molecule has 0 spiro atoms. The second-order valence-corrected chi connectivity index (χ2v) is 9.93. The summed E-state index contributed by atoms with van der Waals surface area (Å²) in [6, 6.07) is 17.9. The lowest BCUT2D eigenvalue weighted by molar-refractivity contribution is -0.136. The number of hydrogen-bond donors (Lipinski definition) is 4. The molecule has 1 aliphatic carbocycles. The standard InChI is InChI=1S/C26H27N5O3S/c32-20-9-7-18(8-10-20)27-25-28-19(12-16-4-2-1-3-5-16)15-23(30-25)31-26-29-21-11-6-17(14-24(33)34)13-22(21)35-26/h1-6,11,13,15,18,20,32H,7-10,12,14H2,(H,33,34)(H2,27,28,29,30,31). The SMILES string of the molecule is O=C(O)Cc1ccc2nc(Nc3cc(Cc4ccccc4)nc(NC4CCC(O)CC4)n3)sc2c1. The number of thiazole rings is 1. The van der Waals surface area contributed by atoms with Gasteiger partial charge < -0.3 is 20.8 Å². The minimum absolute atomic E-state index is 0.0153. The first kappa shape index (κ1) is 23.2. The minimum Gasteiger partial charge on any atom is -0.481 e. The second kappa shape index (κ2) is 10.4. The van der Waals surface area contributed by atoms with Crippen LogP contribution in [0.15, 0.2) is 54.6 Å². The molecule has 0 bridgehead atoms. The van der Waals surface area contributed by atoms with Crippen LogP contribution in [-0.4, -0.2) is 43.3 Å². The van der Waals surface area contributed by atoms with E-state index in [1.54, 1.807) is 6.07 Å². The van der Waals surface area contributed by atoms with Gasteiger partial charge >= 0.3 is 5.97 Å². The van der Waals surface area contributed by atoms with Gasteiger partial charge in [-0.05, 0) is 48.9 Å². The highest BCUT2D eigenvalue weighted by atomic mass is 32.1. The summed E-state index contributed by atoms with van der Waals surface area (Å²) >= 11 is 1.46. The van der Waals surface area contributed by atoms with Crippen molar-refractivity contribution < 1.29 is 15.0 Å². The van der Waals surface area contributed by atoms with Crippen LogP contribution in [-0.2, 0) is 17.6 Å². The van der Waals surface area contributed by atoms with Crippen LogP contribution in [0.25, 0.3) is 10.2 Å². The van der Waals surface area contributed by atoms with E-state index in [2.05, 4.69) is 27.8 Å². The Morgan fingerprint density at radius 1 is 0.971 bits per heavy atom. The number of aliphatic carboxylic acids is 1. The molecule has 4 N–H and O–H groups in total. The number of rotatable bonds is 8. The maximum Gasteiger partial charge on any atom is 0.307 e. The van der Waals surface area contributed by atoms with Crippen molar-refractivity contribution >= 4 is 44.4 Å². The number of aliphatic hydroxyl groups excluding tert-OH is 1. The van der Waals surface area contributed by atoms with Crippen LogP contribution in [0.2, 0.25) is 0 Å². The molecule has 2 aromatic heterocycles. The van der Waals surface area contributed by atoms with Gasteiger partial charge in [0.2, 0.25) is 5.95 Å². The molecule has 5 rings (SSSR count). The average Bonchev–Trinajstić information content (AvgIpc) is 3.22. The molecule has 1 fully saturated rings. The first-order chi connectivity index (χ1) is 17.0. The molecule has 9 heteroatoms. The molecule has 4 aromatic rings. The van der Waals surface area contributed by atoms with Crippen LogP contribution in [0.1, 0.15) is 42.5 Å². The number of anilines is 3. The number of nitrogens with zero attached hydrogens (tertiary/aromatic N) is 3. The molecule has 0 saturated heterocycles. The molecule has 8 nitrogen and oxygen atoms in total. The Morgan fingerprint density at radius 2 is 1.77 bits per heavy atom. The molecule has 0 amide bonds. The molecule has 180 valence electrons. The molecular formula is C26H27N5O3S. The highest BCUT2D eigenvalue weighted by Gasteiger charge is 2.20. The summed E-state index contributed by atoms with van der Waals surface area (Å²) in [4.78, 5) is 25.2. The van der Waals surface area contributed by atoms with Gasteiger partial charge in [-0.1, -0.05) is 47.7 Å². The molecule has 0 radical (unpaired) electrons. The maximum absolute atomic E-state index is 11.0. The highest BCUT2D eigenvalue weighted by molar-refractivity contribution is 7.22. The lowest BCUT2D eigenvalue weighted by atomic mass is 9.93. The molecule has 2 heterocycles. The zero-order valence-corrected chi connectivity index (χ0v) is 20.0.